The highest BCUT2D eigenvalue weighted by atomic mass is 35.5. The average molecular weight is 296 g/mol. The Balaban J connectivity index is 2.04. The molecule has 0 fully saturated rings. The SMILES string of the molecule is CCCc1noc(COc2cccc(Cl)c2CCN)n1. The van der Waals surface area contributed by atoms with Crippen LogP contribution in [0.1, 0.15) is 30.6 Å². The molecule has 0 radical (unpaired) electrons. The van der Waals surface area contributed by atoms with Crippen LogP contribution in [0, 0.1) is 0 Å². The number of rotatable bonds is 7. The number of ether oxygens (including phenoxy) is 1. The molecule has 5 nitrogen and oxygen atoms in total. The fourth-order valence-electron chi connectivity index (χ4n) is 1.87. The van der Waals surface area contributed by atoms with Crippen LogP contribution in [-0.2, 0) is 19.4 Å². The molecule has 2 aromatic rings. The molecule has 0 amide bonds. The minimum absolute atomic E-state index is 0.231. The number of halogens is 1. The molecule has 108 valence electrons. The summed E-state index contributed by atoms with van der Waals surface area (Å²) < 4.78 is 10.8. The van der Waals surface area contributed by atoms with E-state index in [1.807, 2.05) is 18.2 Å². The summed E-state index contributed by atoms with van der Waals surface area (Å²) in [5.74, 6) is 1.88. The molecule has 6 heteroatoms. The molecule has 2 rings (SSSR count). The van der Waals surface area contributed by atoms with Crippen LogP contribution < -0.4 is 10.5 Å². The summed E-state index contributed by atoms with van der Waals surface area (Å²) >= 11 is 6.15. The van der Waals surface area contributed by atoms with Crippen molar-refractivity contribution in [2.24, 2.45) is 5.73 Å². The maximum atomic E-state index is 6.15. The van der Waals surface area contributed by atoms with Crippen molar-refractivity contribution in [3.8, 4) is 5.75 Å². The molecule has 0 aliphatic rings. The predicted molar refractivity (Wildman–Crippen MR) is 76.8 cm³/mol. The van der Waals surface area contributed by atoms with E-state index in [1.165, 1.54) is 0 Å². The number of aromatic nitrogens is 2. The lowest BCUT2D eigenvalue weighted by atomic mass is 10.1. The highest BCUT2D eigenvalue weighted by molar-refractivity contribution is 6.31. The summed E-state index contributed by atoms with van der Waals surface area (Å²) in [5, 5.41) is 4.54. The van der Waals surface area contributed by atoms with Gasteiger partial charge in [-0.1, -0.05) is 29.7 Å². The van der Waals surface area contributed by atoms with E-state index in [-0.39, 0.29) is 6.61 Å². The first-order valence-corrected chi connectivity index (χ1v) is 7.04. The van der Waals surface area contributed by atoms with Crippen LogP contribution in [0.3, 0.4) is 0 Å². The Bertz CT molecular complexity index is 557. The topological polar surface area (TPSA) is 74.2 Å². The van der Waals surface area contributed by atoms with Gasteiger partial charge in [0.05, 0.1) is 0 Å². The second-order valence-electron chi connectivity index (χ2n) is 4.40. The van der Waals surface area contributed by atoms with Crippen LogP contribution in [0.15, 0.2) is 22.7 Å². The number of nitrogens with zero attached hydrogens (tertiary/aromatic N) is 2. The summed E-state index contributed by atoms with van der Waals surface area (Å²) in [6.45, 7) is 2.81. The lowest BCUT2D eigenvalue weighted by molar-refractivity contribution is 0.240. The Labute approximate surface area is 123 Å². The van der Waals surface area contributed by atoms with Gasteiger partial charge in [-0.15, -0.1) is 0 Å². The van der Waals surface area contributed by atoms with Gasteiger partial charge in [-0.2, -0.15) is 4.98 Å². The number of benzene rings is 1. The van der Waals surface area contributed by atoms with Crippen molar-refractivity contribution in [3.63, 3.8) is 0 Å². The van der Waals surface area contributed by atoms with Gasteiger partial charge in [-0.25, -0.2) is 0 Å². The van der Waals surface area contributed by atoms with E-state index in [9.17, 15) is 0 Å². The smallest absolute Gasteiger partial charge is 0.264 e. The van der Waals surface area contributed by atoms with E-state index in [0.29, 0.717) is 35.5 Å². The Morgan fingerprint density at radius 1 is 1.35 bits per heavy atom. The van der Waals surface area contributed by atoms with Crippen molar-refractivity contribution >= 4 is 11.6 Å². The summed E-state index contributed by atoms with van der Waals surface area (Å²) in [5.41, 5.74) is 6.49. The molecule has 0 aliphatic carbocycles. The van der Waals surface area contributed by atoms with E-state index >= 15 is 0 Å². The van der Waals surface area contributed by atoms with Crippen molar-refractivity contribution in [1.29, 1.82) is 0 Å². The molecule has 1 aromatic heterocycles. The Hall–Kier alpha value is -1.59. The molecule has 0 bridgehead atoms. The monoisotopic (exact) mass is 295 g/mol. The molecule has 0 spiro atoms. The summed E-state index contributed by atoms with van der Waals surface area (Å²) in [4.78, 5) is 4.25. The van der Waals surface area contributed by atoms with Gasteiger partial charge in [-0.3, -0.25) is 0 Å². The van der Waals surface area contributed by atoms with Crippen LogP contribution in [0.5, 0.6) is 5.75 Å². The van der Waals surface area contributed by atoms with Gasteiger partial charge in [0.2, 0.25) is 0 Å². The zero-order valence-electron chi connectivity index (χ0n) is 11.4. The van der Waals surface area contributed by atoms with Gasteiger partial charge < -0.3 is 15.0 Å². The molecule has 0 saturated carbocycles. The second-order valence-corrected chi connectivity index (χ2v) is 4.81. The third-order valence-electron chi connectivity index (χ3n) is 2.81. The highest BCUT2D eigenvalue weighted by Gasteiger charge is 2.10. The summed E-state index contributed by atoms with van der Waals surface area (Å²) in [6, 6.07) is 5.53. The van der Waals surface area contributed by atoms with Gasteiger partial charge in [0.1, 0.15) is 5.75 Å². The number of aryl methyl sites for hydroxylation is 1. The average Bonchev–Trinajstić information content (AvgIpc) is 2.88. The minimum Gasteiger partial charge on any atom is -0.483 e. The predicted octanol–water partition coefficient (Wildman–Crippen LogP) is 2.76. The van der Waals surface area contributed by atoms with Gasteiger partial charge in [0.25, 0.3) is 5.89 Å². The first kappa shape index (κ1) is 14.8. The zero-order valence-corrected chi connectivity index (χ0v) is 12.2. The largest absolute Gasteiger partial charge is 0.483 e. The van der Waals surface area contributed by atoms with Crippen molar-refractivity contribution in [2.75, 3.05) is 6.54 Å². The maximum Gasteiger partial charge on any atom is 0.264 e. The number of hydrogen-bond donors (Lipinski definition) is 1. The molecule has 0 saturated heterocycles. The molecule has 0 aliphatic heterocycles. The number of hydrogen-bond acceptors (Lipinski definition) is 5. The third-order valence-corrected chi connectivity index (χ3v) is 3.16. The standard InChI is InChI=1S/C14H18ClN3O2/c1-2-4-13-17-14(20-18-13)9-19-12-6-3-5-11(15)10(12)7-8-16/h3,5-6H,2,4,7-9,16H2,1H3. The zero-order chi connectivity index (χ0) is 14.4. The number of nitrogens with two attached hydrogens (primary N) is 1. The first-order chi connectivity index (χ1) is 9.74. The molecular weight excluding hydrogens is 278 g/mol. The van der Waals surface area contributed by atoms with E-state index in [4.69, 9.17) is 26.6 Å². The van der Waals surface area contributed by atoms with Crippen molar-refractivity contribution in [3.05, 3.63) is 40.5 Å². The van der Waals surface area contributed by atoms with Crippen LogP contribution in [0.25, 0.3) is 0 Å². The van der Waals surface area contributed by atoms with Gasteiger partial charge in [-0.05, 0) is 31.5 Å². The Morgan fingerprint density at radius 2 is 2.20 bits per heavy atom. The molecule has 1 aromatic carbocycles. The maximum absolute atomic E-state index is 6.15. The minimum atomic E-state index is 0.231. The fourth-order valence-corrected chi connectivity index (χ4v) is 2.13. The summed E-state index contributed by atoms with van der Waals surface area (Å²) in [6.07, 6.45) is 2.45. The van der Waals surface area contributed by atoms with E-state index in [2.05, 4.69) is 17.1 Å². The van der Waals surface area contributed by atoms with Crippen molar-refractivity contribution < 1.29 is 9.26 Å². The van der Waals surface area contributed by atoms with Gasteiger partial charge in [0.15, 0.2) is 12.4 Å². The molecule has 0 atom stereocenters. The molecule has 0 unspecified atom stereocenters. The van der Waals surface area contributed by atoms with Crippen LogP contribution in [0.2, 0.25) is 5.02 Å². The quantitative estimate of drug-likeness (QED) is 0.850. The normalized spacial score (nSPS) is 10.8. The van der Waals surface area contributed by atoms with Gasteiger partial charge >= 0.3 is 0 Å². The van der Waals surface area contributed by atoms with Gasteiger partial charge in [0, 0.05) is 17.0 Å². The molecule has 20 heavy (non-hydrogen) atoms. The molecular formula is C14H18ClN3O2. The van der Waals surface area contributed by atoms with E-state index < -0.39 is 0 Å². The molecule has 1 heterocycles. The fraction of sp³-hybridized carbons (Fsp3) is 0.429. The van der Waals surface area contributed by atoms with Crippen molar-refractivity contribution in [2.45, 2.75) is 32.8 Å². The lowest BCUT2D eigenvalue weighted by Gasteiger charge is -2.10. The van der Waals surface area contributed by atoms with E-state index in [0.717, 1.165) is 18.4 Å². The van der Waals surface area contributed by atoms with E-state index in [1.54, 1.807) is 0 Å². The lowest BCUT2D eigenvalue weighted by Crippen LogP contribution is -2.06. The second kappa shape index (κ2) is 7.26. The van der Waals surface area contributed by atoms with Crippen LogP contribution in [0.4, 0.5) is 0 Å². The Kier molecular flexibility index (Phi) is 5.38. The van der Waals surface area contributed by atoms with Crippen LogP contribution >= 0.6 is 11.6 Å². The molecule has 2 N–H and O–H groups in total. The third kappa shape index (κ3) is 3.71. The Morgan fingerprint density at radius 3 is 2.95 bits per heavy atom. The highest BCUT2D eigenvalue weighted by Crippen LogP contribution is 2.27. The van der Waals surface area contributed by atoms with Crippen molar-refractivity contribution in [1.82, 2.24) is 10.1 Å². The van der Waals surface area contributed by atoms with Crippen LogP contribution in [-0.4, -0.2) is 16.7 Å². The first-order valence-electron chi connectivity index (χ1n) is 6.66. The summed E-state index contributed by atoms with van der Waals surface area (Å²) in [7, 11) is 0.